The lowest BCUT2D eigenvalue weighted by Gasteiger charge is -2.11. The molecule has 0 unspecified atom stereocenters. The third-order valence-electron chi connectivity index (χ3n) is 3.20. The van der Waals surface area contributed by atoms with Crippen LogP contribution in [0.3, 0.4) is 0 Å². The number of carbonyl (C=O) groups is 2. The van der Waals surface area contributed by atoms with Gasteiger partial charge in [-0.25, -0.2) is 0 Å². The maximum atomic E-state index is 11.9. The summed E-state index contributed by atoms with van der Waals surface area (Å²) in [5, 5.41) is 4.60. The molecule has 0 saturated heterocycles. The van der Waals surface area contributed by atoms with Crippen molar-refractivity contribution in [1.82, 2.24) is 0 Å². The van der Waals surface area contributed by atoms with Crippen molar-refractivity contribution in [3.8, 4) is 11.5 Å². The largest absolute Gasteiger partial charge is 0.497 e. The highest BCUT2D eigenvalue weighted by Gasteiger charge is 2.11. The van der Waals surface area contributed by atoms with Crippen LogP contribution >= 0.6 is 11.3 Å². The monoisotopic (exact) mass is 349 g/mol. The van der Waals surface area contributed by atoms with Gasteiger partial charge in [0, 0.05) is 10.9 Å². The van der Waals surface area contributed by atoms with Gasteiger partial charge in [0.25, 0.3) is 5.91 Å². The van der Waals surface area contributed by atoms with Crippen molar-refractivity contribution in [3.63, 3.8) is 0 Å². The van der Waals surface area contributed by atoms with Crippen LogP contribution in [0.4, 0.5) is 5.69 Å². The fourth-order valence-corrected chi connectivity index (χ4v) is 2.70. The molecular weight excluding hydrogens is 330 g/mol. The number of rotatable bonds is 8. The first-order valence-corrected chi connectivity index (χ1v) is 8.20. The molecule has 2 aromatic rings. The van der Waals surface area contributed by atoms with Crippen LogP contribution in [0.1, 0.15) is 11.3 Å². The number of amides is 1. The Morgan fingerprint density at radius 3 is 2.67 bits per heavy atom. The van der Waals surface area contributed by atoms with Gasteiger partial charge >= 0.3 is 5.97 Å². The standard InChI is InChI=1S/C17H19NO5S/c1-21-12-5-7-14(15(10-12)22-2)18-16(19)11-23-17(20)8-6-13-4-3-9-24-13/h3-5,7,9-10H,6,8,11H2,1-2H3,(H,18,19). The van der Waals surface area contributed by atoms with Crippen molar-refractivity contribution >= 4 is 28.9 Å². The van der Waals surface area contributed by atoms with Crippen LogP contribution in [0.2, 0.25) is 0 Å². The van der Waals surface area contributed by atoms with E-state index in [2.05, 4.69) is 5.32 Å². The van der Waals surface area contributed by atoms with Crippen molar-refractivity contribution in [2.75, 3.05) is 26.1 Å². The van der Waals surface area contributed by atoms with Gasteiger partial charge in [0.2, 0.25) is 0 Å². The highest BCUT2D eigenvalue weighted by atomic mass is 32.1. The Bertz CT molecular complexity index is 684. The number of anilines is 1. The fraction of sp³-hybridized carbons (Fsp3) is 0.294. The molecule has 1 aromatic carbocycles. The molecule has 0 fully saturated rings. The Balaban J connectivity index is 1.79. The van der Waals surface area contributed by atoms with E-state index in [9.17, 15) is 9.59 Å². The van der Waals surface area contributed by atoms with Crippen molar-refractivity contribution in [2.45, 2.75) is 12.8 Å². The molecule has 1 heterocycles. The minimum atomic E-state index is -0.428. The normalized spacial score (nSPS) is 10.1. The molecule has 1 aromatic heterocycles. The molecule has 0 atom stereocenters. The smallest absolute Gasteiger partial charge is 0.306 e. The number of methoxy groups -OCH3 is 2. The quantitative estimate of drug-likeness (QED) is 0.742. The van der Waals surface area contributed by atoms with Crippen molar-refractivity contribution < 1.29 is 23.8 Å². The lowest BCUT2D eigenvalue weighted by molar-refractivity contribution is -0.147. The van der Waals surface area contributed by atoms with Gasteiger partial charge in [-0.3, -0.25) is 9.59 Å². The van der Waals surface area contributed by atoms with E-state index in [0.29, 0.717) is 23.6 Å². The molecule has 0 bridgehead atoms. The number of esters is 1. The van der Waals surface area contributed by atoms with Gasteiger partial charge in [0.05, 0.1) is 26.3 Å². The minimum Gasteiger partial charge on any atom is -0.497 e. The zero-order valence-electron chi connectivity index (χ0n) is 13.5. The Morgan fingerprint density at radius 2 is 2.00 bits per heavy atom. The van der Waals surface area contributed by atoms with Gasteiger partial charge in [0.15, 0.2) is 6.61 Å². The summed E-state index contributed by atoms with van der Waals surface area (Å²) in [5.74, 6) is 0.250. The van der Waals surface area contributed by atoms with Gasteiger partial charge in [-0.15, -0.1) is 11.3 Å². The summed E-state index contributed by atoms with van der Waals surface area (Å²) in [6, 6.07) is 8.91. The number of hydrogen-bond donors (Lipinski definition) is 1. The summed E-state index contributed by atoms with van der Waals surface area (Å²) in [6.07, 6.45) is 0.865. The minimum absolute atomic E-state index is 0.250. The predicted molar refractivity (Wildman–Crippen MR) is 91.8 cm³/mol. The average molecular weight is 349 g/mol. The second-order valence-electron chi connectivity index (χ2n) is 4.85. The second kappa shape index (κ2) is 8.93. The van der Waals surface area contributed by atoms with Gasteiger partial charge in [0.1, 0.15) is 11.5 Å². The summed E-state index contributed by atoms with van der Waals surface area (Å²) in [7, 11) is 3.04. The molecule has 128 valence electrons. The predicted octanol–water partition coefficient (Wildman–Crippen LogP) is 2.88. The molecule has 0 aliphatic rings. The SMILES string of the molecule is COc1ccc(NC(=O)COC(=O)CCc2cccs2)c(OC)c1. The van der Waals surface area contributed by atoms with E-state index in [4.69, 9.17) is 14.2 Å². The highest BCUT2D eigenvalue weighted by molar-refractivity contribution is 7.09. The molecule has 2 rings (SSSR count). The van der Waals surface area contributed by atoms with E-state index in [1.54, 1.807) is 36.6 Å². The lowest BCUT2D eigenvalue weighted by atomic mass is 10.2. The first-order valence-electron chi connectivity index (χ1n) is 7.32. The van der Waals surface area contributed by atoms with Crippen LogP contribution in [0.25, 0.3) is 0 Å². The van der Waals surface area contributed by atoms with Crippen LogP contribution in [0.5, 0.6) is 11.5 Å². The summed E-state index contributed by atoms with van der Waals surface area (Å²) in [6.45, 7) is -0.335. The van der Waals surface area contributed by atoms with Crippen molar-refractivity contribution in [2.24, 2.45) is 0 Å². The molecule has 1 amide bonds. The van der Waals surface area contributed by atoms with Gasteiger partial charge in [-0.2, -0.15) is 0 Å². The number of benzene rings is 1. The van der Waals surface area contributed by atoms with Crippen LogP contribution < -0.4 is 14.8 Å². The number of ether oxygens (including phenoxy) is 3. The van der Waals surface area contributed by atoms with Crippen molar-refractivity contribution in [3.05, 3.63) is 40.6 Å². The van der Waals surface area contributed by atoms with E-state index >= 15 is 0 Å². The number of nitrogens with one attached hydrogen (secondary N) is 1. The van der Waals surface area contributed by atoms with E-state index in [1.165, 1.54) is 7.11 Å². The summed E-state index contributed by atoms with van der Waals surface area (Å²) in [4.78, 5) is 24.7. The zero-order valence-corrected chi connectivity index (χ0v) is 14.4. The molecule has 0 saturated carbocycles. The summed E-state index contributed by atoms with van der Waals surface area (Å²) in [5.41, 5.74) is 0.484. The maximum absolute atomic E-state index is 11.9. The number of aryl methyl sites for hydroxylation is 1. The number of thiophene rings is 1. The molecule has 0 aliphatic heterocycles. The highest BCUT2D eigenvalue weighted by Crippen LogP contribution is 2.28. The van der Waals surface area contributed by atoms with E-state index < -0.39 is 11.9 Å². The maximum Gasteiger partial charge on any atom is 0.306 e. The third kappa shape index (κ3) is 5.27. The van der Waals surface area contributed by atoms with Crippen LogP contribution in [0.15, 0.2) is 35.7 Å². The molecule has 0 radical (unpaired) electrons. The Kier molecular flexibility index (Phi) is 6.62. The van der Waals surface area contributed by atoms with Crippen molar-refractivity contribution in [1.29, 1.82) is 0 Å². The third-order valence-corrected chi connectivity index (χ3v) is 4.14. The molecular formula is C17H19NO5S. The Morgan fingerprint density at radius 1 is 1.17 bits per heavy atom. The topological polar surface area (TPSA) is 73.9 Å². The molecule has 7 heteroatoms. The average Bonchev–Trinajstić information content (AvgIpc) is 3.12. The van der Waals surface area contributed by atoms with Gasteiger partial charge < -0.3 is 19.5 Å². The lowest BCUT2D eigenvalue weighted by Crippen LogP contribution is -2.21. The van der Waals surface area contributed by atoms with E-state index in [-0.39, 0.29) is 13.0 Å². The van der Waals surface area contributed by atoms with Crippen LogP contribution in [0, 0.1) is 0 Å². The van der Waals surface area contributed by atoms with E-state index in [0.717, 1.165) is 4.88 Å². The Labute approximate surface area is 144 Å². The first kappa shape index (κ1) is 17.8. The molecule has 0 spiro atoms. The number of carbonyl (C=O) groups excluding carboxylic acids is 2. The summed E-state index contributed by atoms with van der Waals surface area (Å²) >= 11 is 1.59. The summed E-state index contributed by atoms with van der Waals surface area (Å²) < 4.78 is 15.3. The number of hydrogen-bond acceptors (Lipinski definition) is 6. The molecule has 0 aliphatic carbocycles. The van der Waals surface area contributed by atoms with Gasteiger partial charge in [-0.1, -0.05) is 6.07 Å². The van der Waals surface area contributed by atoms with Gasteiger partial charge in [-0.05, 0) is 30.0 Å². The second-order valence-corrected chi connectivity index (χ2v) is 5.89. The fourth-order valence-electron chi connectivity index (χ4n) is 1.99. The Hall–Kier alpha value is -2.54. The first-order chi connectivity index (χ1) is 11.6. The van der Waals surface area contributed by atoms with E-state index in [1.807, 2.05) is 17.5 Å². The zero-order chi connectivity index (χ0) is 17.4. The van der Waals surface area contributed by atoms with Crippen LogP contribution in [-0.2, 0) is 20.7 Å². The van der Waals surface area contributed by atoms with Crippen LogP contribution in [-0.4, -0.2) is 32.7 Å². The molecule has 24 heavy (non-hydrogen) atoms. The molecule has 6 nitrogen and oxygen atoms in total. The molecule has 1 N–H and O–H groups in total.